The van der Waals surface area contributed by atoms with Crippen LogP contribution in [0, 0.1) is 12.7 Å². The van der Waals surface area contributed by atoms with E-state index in [2.05, 4.69) is 4.98 Å². The van der Waals surface area contributed by atoms with Gasteiger partial charge in [0.1, 0.15) is 11.6 Å². The van der Waals surface area contributed by atoms with Gasteiger partial charge in [0.2, 0.25) is 0 Å². The summed E-state index contributed by atoms with van der Waals surface area (Å²) in [6.07, 6.45) is 0. The quantitative estimate of drug-likeness (QED) is 0.618. The van der Waals surface area contributed by atoms with Gasteiger partial charge in [-0.15, -0.1) is 11.6 Å². The van der Waals surface area contributed by atoms with Gasteiger partial charge >= 0.3 is 0 Å². The molecule has 0 spiro atoms. The van der Waals surface area contributed by atoms with Gasteiger partial charge < -0.3 is 0 Å². The van der Waals surface area contributed by atoms with Crippen molar-refractivity contribution in [3.8, 4) is 5.69 Å². The van der Waals surface area contributed by atoms with Crippen molar-refractivity contribution < 1.29 is 4.39 Å². The zero-order valence-electron chi connectivity index (χ0n) is 10.7. The van der Waals surface area contributed by atoms with Crippen LogP contribution >= 0.6 is 23.2 Å². The number of halogens is 3. The third kappa shape index (κ3) is 2.07. The molecule has 3 aromatic rings. The number of para-hydroxylation sites is 1. The minimum atomic E-state index is -0.320. The lowest BCUT2D eigenvalue weighted by Gasteiger charge is -2.12. The first-order chi connectivity index (χ1) is 9.61. The van der Waals surface area contributed by atoms with Crippen LogP contribution in [0.3, 0.4) is 0 Å². The Morgan fingerprint density at radius 1 is 1.25 bits per heavy atom. The van der Waals surface area contributed by atoms with Gasteiger partial charge in [-0.25, -0.2) is 9.37 Å². The summed E-state index contributed by atoms with van der Waals surface area (Å²) in [5.74, 6) is 0.545. The molecule has 3 rings (SSSR count). The summed E-state index contributed by atoms with van der Waals surface area (Å²) in [7, 11) is 0. The normalized spacial score (nSPS) is 11.2. The number of aromatic nitrogens is 2. The van der Waals surface area contributed by atoms with E-state index in [1.807, 2.05) is 29.7 Å². The van der Waals surface area contributed by atoms with E-state index in [0.29, 0.717) is 16.4 Å². The second-order valence-electron chi connectivity index (χ2n) is 4.54. The lowest BCUT2D eigenvalue weighted by molar-refractivity contribution is 0.629. The number of hydrogen-bond acceptors (Lipinski definition) is 1. The van der Waals surface area contributed by atoms with Gasteiger partial charge in [-0.2, -0.15) is 0 Å². The third-order valence-electron chi connectivity index (χ3n) is 3.22. The summed E-state index contributed by atoms with van der Waals surface area (Å²) in [6.45, 7) is 1.97. The molecule has 0 amide bonds. The Labute approximate surface area is 125 Å². The number of nitrogens with zero attached hydrogens (tertiary/aromatic N) is 2. The Balaban J connectivity index is 2.40. The smallest absolute Gasteiger partial charge is 0.129 e. The highest BCUT2D eigenvalue weighted by Gasteiger charge is 2.16. The first-order valence-corrected chi connectivity index (χ1v) is 7.01. The van der Waals surface area contributed by atoms with Crippen molar-refractivity contribution in [3.63, 3.8) is 0 Å². The van der Waals surface area contributed by atoms with E-state index in [4.69, 9.17) is 23.2 Å². The molecule has 2 aromatic carbocycles. The van der Waals surface area contributed by atoms with Crippen LogP contribution < -0.4 is 0 Å². The lowest BCUT2D eigenvalue weighted by atomic mass is 10.2. The van der Waals surface area contributed by atoms with Gasteiger partial charge in [0.05, 0.1) is 27.6 Å². The Morgan fingerprint density at radius 2 is 2.05 bits per heavy atom. The number of rotatable bonds is 2. The van der Waals surface area contributed by atoms with Crippen LogP contribution in [-0.2, 0) is 5.88 Å². The minimum absolute atomic E-state index is 0.223. The molecule has 0 bridgehead atoms. The maximum absolute atomic E-state index is 13.3. The predicted molar refractivity (Wildman–Crippen MR) is 80.3 cm³/mol. The van der Waals surface area contributed by atoms with Crippen molar-refractivity contribution in [1.82, 2.24) is 9.55 Å². The molecule has 1 heterocycles. The molecule has 102 valence electrons. The topological polar surface area (TPSA) is 17.8 Å². The van der Waals surface area contributed by atoms with E-state index >= 15 is 0 Å². The molecule has 0 aliphatic carbocycles. The molecule has 0 aliphatic rings. The summed E-state index contributed by atoms with van der Waals surface area (Å²) < 4.78 is 15.2. The molecule has 20 heavy (non-hydrogen) atoms. The molecule has 0 aliphatic heterocycles. The summed E-state index contributed by atoms with van der Waals surface area (Å²) >= 11 is 12.3. The number of aryl methyl sites for hydroxylation is 1. The zero-order chi connectivity index (χ0) is 14.3. The summed E-state index contributed by atoms with van der Waals surface area (Å²) in [4.78, 5) is 4.38. The van der Waals surface area contributed by atoms with Crippen molar-refractivity contribution in [2.45, 2.75) is 12.8 Å². The fraction of sp³-hybridized carbons (Fsp3) is 0.133. The number of alkyl halides is 1. The largest absolute Gasteiger partial charge is 0.294 e. The molecule has 0 saturated carbocycles. The van der Waals surface area contributed by atoms with Crippen molar-refractivity contribution >= 4 is 34.2 Å². The average Bonchev–Trinajstić information content (AvgIpc) is 2.76. The maximum Gasteiger partial charge on any atom is 0.129 e. The third-order valence-corrected chi connectivity index (χ3v) is 3.76. The molecule has 0 atom stereocenters. The molecule has 0 unspecified atom stereocenters. The molecule has 0 fully saturated rings. The summed E-state index contributed by atoms with van der Waals surface area (Å²) in [5, 5.41) is 0.611. The van der Waals surface area contributed by atoms with E-state index in [0.717, 1.165) is 16.8 Å². The fourth-order valence-corrected chi connectivity index (χ4v) is 2.83. The van der Waals surface area contributed by atoms with Gasteiger partial charge in [-0.05, 0) is 30.7 Å². The highest BCUT2D eigenvalue weighted by molar-refractivity contribution is 6.32. The van der Waals surface area contributed by atoms with Crippen LogP contribution in [-0.4, -0.2) is 9.55 Å². The van der Waals surface area contributed by atoms with E-state index in [9.17, 15) is 4.39 Å². The van der Waals surface area contributed by atoms with Crippen LogP contribution in [0.2, 0.25) is 5.02 Å². The van der Waals surface area contributed by atoms with E-state index < -0.39 is 0 Å². The van der Waals surface area contributed by atoms with Gasteiger partial charge in [-0.3, -0.25) is 4.57 Å². The SMILES string of the molecule is Cc1cccc(Cl)c1-n1c(CCl)nc2cc(F)ccc21. The molecule has 1 aromatic heterocycles. The van der Waals surface area contributed by atoms with Crippen molar-refractivity contribution in [3.05, 3.63) is 58.6 Å². The Kier molecular flexibility index (Phi) is 3.40. The highest BCUT2D eigenvalue weighted by atomic mass is 35.5. The van der Waals surface area contributed by atoms with Crippen molar-refractivity contribution in [1.29, 1.82) is 0 Å². The monoisotopic (exact) mass is 308 g/mol. The molecule has 0 N–H and O–H groups in total. The number of fused-ring (bicyclic) bond motifs is 1. The van der Waals surface area contributed by atoms with Crippen molar-refractivity contribution in [2.24, 2.45) is 0 Å². The van der Waals surface area contributed by atoms with Gasteiger partial charge in [0.25, 0.3) is 0 Å². The number of benzene rings is 2. The first-order valence-electron chi connectivity index (χ1n) is 6.10. The standard InChI is InChI=1S/C15H11Cl2FN2/c1-9-3-2-4-11(17)15(9)20-13-6-5-10(18)7-12(13)19-14(20)8-16/h2-7H,8H2,1H3. The summed E-state index contributed by atoms with van der Waals surface area (Å²) in [6, 6.07) is 10.2. The molecule has 2 nitrogen and oxygen atoms in total. The van der Waals surface area contributed by atoms with Crippen LogP contribution in [0.25, 0.3) is 16.7 Å². The van der Waals surface area contributed by atoms with Crippen LogP contribution in [0.4, 0.5) is 4.39 Å². The Bertz CT molecular complexity index is 776. The highest BCUT2D eigenvalue weighted by Crippen LogP contribution is 2.30. The molecular weight excluding hydrogens is 298 g/mol. The van der Waals surface area contributed by atoms with Gasteiger partial charge in [-0.1, -0.05) is 23.7 Å². The van der Waals surface area contributed by atoms with Gasteiger partial charge in [0, 0.05) is 6.07 Å². The fourth-order valence-electron chi connectivity index (χ4n) is 2.35. The van der Waals surface area contributed by atoms with Crippen LogP contribution in [0.5, 0.6) is 0 Å². The first kappa shape index (κ1) is 13.4. The zero-order valence-corrected chi connectivity index (χ0v) is 12.2. The average molecular weight is 309 g/mol. The van der Waals surface area contributed by atoms with Gasteiger partial charge in [0.15, 0.2) is 0 Å². The molecule has 0 radical (unpaired) electrons. The number of imidazole rings is 1. The van der Waals surface area contributed by atoms with Crippen molar-refractivity contribution in [2.75, 3.05) is 0 Å². The summed E-state index contributed by atoms with van der Waals surface area (Å²) in [5.41, 5.74) is 3.20. The Hall–Kier alpha value is -1.58. The second-order valence-corrected chi connectivity index (χ2v) is 5.21. The molecule has 5 heteroatoms. The molecule has 0 saturated heterocycles. The minimum Gasteiger partial charge on any atom is -0.294 e. The van der Waals surface area contributed by atoms with E-state index in [-0.39, 0.29) is 11.7 Å². The lowest BCUT2D eigenvalue weighted by Crippen LogP contribution is -2.02. The second kappa shape index (κ2) is 5.08. The van der Waals surface area contributed by atoms with Crippen LogP contribution in [0.1, 0.15) is 11.4 Å². The number of hydrogen-bond donors (Lipinski definition) is 0. The van der Waals surface area contributed by atoms with Crippen LogP contribution in [0.15, 0.2) is 36.4 Å². The van der Waals surface area contributed by atoms with E-state index in [1.54, 1.807) is 6.07 Å². The molecular formula is C15H11Cl2FN2. The van der Waals surface area contributed by atoms with E-state index in [1.165, 1.54) is 12.1 Å². The predicted octanol–water partition coefficient (Wildman–Crippen LogP) is 4.87. The maximum atomic E-state index is 13.3. The Morgan fingerprint density at radius 3 is 2.75 bits per heavy atom.